The summed E-state index contributed by atoms with van der Waals surface area (Å²) in [6, 6.07) is 9.61. The van der Waals surface area contributed by atoms with Crippen molar-refractivity contribution in [2.24, 2.45) is 17.8 Å². The lowest BCUT2D eigenvalue weighted by Crippen LogP contribution is -2.61. The standard InChI is InChI=1S/C24H28N2O3S/c1-14(22(27)26-24-11-16-8-17(12-24)10-18(9-16)13-24)29-23(28)21-20(25-15(2)30-21)19-6-4-3-5-7-19/h3-7,14,16-18H,8-13H2,1-2H3,(H,26,27)/t14-,16?,17?,18?,24?/m0/s1. The van der Waals surface area contributed by atoms with Crippen molar-refractivity contribution in [2.75, 3.05) is 0 Å². The van der Waals surface area contributed by atoms with Gasteiger partial charge in [0.1, 0.15) is 4.88 Å². The van der Waals surface area contributed by atoms with Crippen LogP contribution in [0.1, 0.15) is 60.1 Å². The number of carbonyl (C=O) groups is 2. The molecule has 4 aliphatic carbocycles. The Kier molecular flexibility index (Phi) is 4.92. The molecule has 1 atom stereocenters. The Morgan fingerprint density at radius 3 is 2.30 bits per heavy atom. The Morgan fingerprint density at radius 1 is 1.10 bits per heavy atom. The van der Waals surface area contributed by atoms with E-state index in [1.54, 1.807) is 6.92 Å². The lowest BCUT2D eigenvalue weighted by atomic mass is 9.53. The van der Waals surface area contributed by atoms with Crippen LogP contribution in [-0.2, 0) is 9.53 Å². The topological polar surface area (TPSA) is 68.3 Å². The molecule has 1 heterocycles. The monoisotopic (exact) mass is 424 g/mol. The number of nitrogens with one attached hydrogen (secondary N) is 1. The Morgan fingerprint density at radius 2 is 1.70 bits per heavy atom. The van der Waals surface area contributed by atoms with Gasteiger partial charge in [0.05, 0.1) is 10.7 Å². The van der Waals surface area contributed by atoms with Gasteiger partial charge in [-0.15, -0.1) is 11.3 Å². The van der Waals surface area contributed by atoms with Gasteiger partial charge in [0, 0.05) is 11.1 Å². The summed E-state index contributed by atoms with van der Waals surface area (Å²) in [4.78, 5) is 30.8. The number of ether oxygens (including phenoxy) is 1. The van der Waals surface area contributed by atoms with E-state index in [0.29, 0.717) is 10.6 Å². The van der Waals surface area contributed by atoms with Crippen molar-refractivity contribution in [2.45, 2.75) is 64.0 Å². The zero-order valence-corrected chi connectivity index (χ0v) is 18.3. The summed E-state index contributed by atoms with van der Waals surface area (Å²) in [5.41, 5.74) is 1.42. The zero-order valence-electron chi connectivity index (χ0n) is 17.5. The molecule has 0 radical (unpaired) electrons. The van der Waals surface area contributed by atoms with Crippen molar-refractivity contribution >= 4 is 23.2 Å². The SMILES string of the molecule is Cc1nc(-c2ccccc2)c(C(=O)O[C@@H](C)C(=O)NC23CC4CC(CC(C4)C2)C3)s1. The minimum absolute atomic E-state index is 0.0806. The number of nitrogens with zero attached hydrogens (tertiary/aromatic N) is 1. The first-order valence-electron chi connectivity index (χ1n) is 11.0. The highest BCUT2D eigenvalue weighted by molar-refractivity contribution is 7.14. The van der Waals surface area contributed by atoms with Gasteiger partial charge >= 0.3 is 5.97 Å². The maximum atomic E-state index is 13.0. The van der Waals surface area contributed by atoms with Gasteiger partial charge in [-0.25, -0.2) is 9.78 Å². The van der Waals surface area contributed by atoms with Crippen LogP contribution in [0, 0.1) is 24.7 Å². The summed E-state index contributed by atoms with van der Waals surface area (Å²) in [5, 5.41) is 4.10. The molecular formula is C24H28N2O3S. The van der Waals surface area contributed by atoms with E-state index in [4.69, 9.17) is 4.74 Å². The van der Waals surface area contributed by atoms with E-state index in [-0.39, 0.29) is 11.4 Å². The second-order valence-corrected chi connectivity index (χ2v) is 10.7. The molecule has 6 rings (SSSR count). The molecular weight excluding hydrogens is 396 g/mol. The summed E-state index contributed by atoms with van der Waals surface area (Å²) >= 11 is 1.31. The van der Waals surface area contributed by atoms with Crippen LogP contribution in [0.5, 0.6) is 0 Å². The first-order valence-corrected chi connectivity index (χ1v) is 11.8. The number of amides is 1. The summed E-state index contributed by atoms with van der Waals surface area (Å²) in [6.07, 6.45) is 6.40. The third-order valence-corrected chi connectivity index (χ3v) is 8.00. The van der Waals surface area contributed by atoms with Crippen molar-refractivity contribution in [1.29, 1.82) is 0 Å². The summed E-state index contributed by atoms with van der Waals surface area (Å²) in [5.74, 6) is 1.61. The fourth-order valence-corrected chi connectivity index (χ4v) is 7.08. The second kappa shape index (κ2) is 7.49. The van der Waals surface area contributed by atoms with Gasteiger partial charge in [0.2, 0.25) is 0 Å². The van der Waals surface area contributed by atoms with Crippen LogP contribution in [0.2, 0.25) is 0 Å². The number of rotatable bonds is 5. The largest absolute Gasteiger partial charge is 0.448 e. The molecule has 2 aromatic rings. The molecule has 1 aromatic carbocycles. The van der Waals surface area contributed by atoms with Crippen LogP contribution in [-0.4, -0.2) is 28.5 Å². The minimum Gasteiger partial charge on any atom is -0.448 e. The highest BCUT2D eigenvalue weighted by atomic mass is 32.1. The maximum absolute atomic E-state index is 13.0. The summed E-state index contributed by atoms with van der Waals surface area (Å²) in [6.45, 7) is 3.54. The number of benzene rings is 1. The Balaban J connectivity index is 1.27. The van der Waals surface area contributed by atoms with Gasteiger partial charge in [-0.2, -0.15) is 0 Å². The first-order chi connectivity index (χ1) is 14.4. The molecule has 1 aromatic heterocycles. The Hall–Kier alpha value is -2.21. The number of carbonyl (C=O) groups excluding carboxylic acids is 2. The Labute approximate surface area is 181 Å². The van der Waals surface area contributed by atoms with Crippen molar-refractivity contribution < 1.29 is 14.3 Å². The van der Waals surface area contributed by atoms with E-state index in [2.05, 4.69) is 10.3 Å². The highest BCUT2D eigenvalue weighted by Gasteiger charge is 2.51. The first kappa shape index (κ1) is 19.7. The number of thiazole rings is 1. The predicted molar refractivity (Wildman–Crippen MR) is 116 cm³/mol. The summed E-state index contributed by atoms with van der Waals surface area (Å²) < 4.78 is 5.61. The molecule has 1 amide bonds. The van der Waals surface area contributed by atoms with Gasteiger partial charge in [0.15, 0.2) is 6.10 Å². The molecule has 0 unspecified atom stereocenters. The van der Waals surface area contributed by atoms with Gasteiger partial charge in [-0.05, 0) is 70.1 Å². The van der Waals surface area contributed by atoms with Crippen LogP contribution in [0.4, 0.5) is 0 Å². The third-order valence-electron chi connectivity index (χ3n) is 7.05. The fourth-order valence-electron chi connectivity index (χ4n) is 6.25. The molecule has 30 heavy (non-hydrogen) atoms. The normalized spacial score (nSPS) is 30.1. The van der Waals surface area contributed by atoms with Crippen molar-refractivity contribution in [3.05, 3.63) is 40.2 Å². The predicted octanol–water partition coefficient (Wildman–Crippen LogP) is 4.75. The average Bonchev–Trinajstić information content (AvgIpc) is 3.09. The number of hydrogen-bond acceptors (Lipinski definition) is 5. The molecule has 1 N–H and O–H groups in total. The highest BCUT2D eigenvalue weighted by Crippen LogP contribution is 2.55. The number of esters is 1. The minimum atomic E-state index is -0.823. The molecule has 4 fully saturated rings. The van der Waals surface area contributed by atoms with Crippen molar-refractivity contribution in [3.63, 3.8) is 0 Å². The lowest BCUT2D eigenvalue weighted by molar-refractivity contribution is -0.134. The van der Waals surface area contributed by atoms with Crippen LogP contribution < -0.4 is 5.32 Å². The van der Waals surface area contributed by atoms with Gasteiger partial charge in [0.25, 0.3) is 5.91 Å². The fraction of sp³-hybridized carbons (Fsp3) is 0.542. The van der Waals surface area contributed by atoms with Crippen LogP contribution >= 0.6 is 11.3 Å². The molecule has 4 aliphatic rings. The van der Waals surface area contributed by atoms with Crippen LogP contribution in [0.15, 0.2) is 30.3 Å². The van der Waals surface area contributed by atoms with Gasteiger partial charge < -0.3 is 10.1 Å². The van der Waals surface area contributed by atoms with E-state index >= 15 is 0 Å². The van der Waals surface area contributed by atoms with E-state index in [9.17, 15) is 9.59 Å². The van der Waals surface area contributed by atoms with Crippen molar-refractivity contribution in [3.8, 4) is 11.3 Å². The molecule has 4 bridgehead atoms. The summed E-state index contributed by atoms with van der Waals surface area (Å²) in [7, 11) is 0. The van der Waals surface area contributed by atoms with Crippen LogP contribution in [0.25, 0.3) is 11.3 Å². The van der Waals surface area contributed by atoms with Gasteiger partial charge in [-0.3, -0.25) is 4.79 Å². The van der Waals surface area contributed by atoms with E-state index in [1.807, 2.05) is 37.3 Å². The molecule has 0 aliphatic heterocycles. The Bertz CT molecular complexity index is 933. The molecule has 0 spiro atoms. The maximum Gasteiger partial charge on any atom is 0.351 e. The van der Waals surface area contributed by atoms with Crippen molar-refractivity contribution in [1.82, 2.24) is 10.3 Å². The molecule has 158 valence electrons. The molecule has 6 heteroatoms. The van der Waals surface area contributed by atoms with Gasteiger partial charge in [-0.1, -0.05) is 30.3 Å². The third kappa shape index (κ3) is 3.66. The molecule has 5 nitrogen and oxygen atoms in total. The number of hydrogen-bond donors (Lipinski definition) is 1. The van der Waals surface area contributed by atoms with E-state index in [1.165, 1.54) is 30.6 Å². The number of aromatic nitrogens is 1. The zero-order chi connectivity index (χ0) is 20.9. The molecule has 0 saturated heterocycles. The molecule has 4 saturated carbocycles. The van der Waals surface area contributed by atoms with E-state index in [0.717, 1.165) is 47.6 Å². The second-order valence-electron chi connectivity index (χ2n) is 9.51. The average molecular weight is 425 g/mol. The van der Waals surface area contributed by atoms with Crippen LogP contribution in [0.3, 0.4) is 0 Å². The quantitative estimate of drug-likeness (QED) is 0.704. The number of aryl methyl sites for hydroxylation is 1. The smallest absolute Gasteiger partial charge is 0.351 e. The lowest BCUT2D eigenvalue weighted by Gasteiger charge is -2.57. The van der Waals surface area contributed by atoms with E-state index < -0.39 is 12.1 Å².